The maximum Gasteiger partial charge on any atom is 0.264 e. The van der Waals surface area contributed by atoms with E-state index in [0.29, 0.717) is 29.9 Å². The summed E-state index contributed by atoms with van der Waals surface area (Å²) in [5.41, 5.74) is 2.27. The number of carbonyl (C=O) groups is 3. The molecule has 0 radical (unpaired) electrons. The van der Waals surface area contributed by atoms with Gasteiger partial charge >= 0.3 is 0 Å². The Labute approximate surface area is 251 Å². The van der Waals surface area contributed by atoms with Crippen LogP contribution in [-0.2, 0) is 39.5 Å². The predicted octanol–water partition coefficient (Wildman–Crippen LogP) is 3.27. The molecule has 3 aromatic carbocycles. The van der Waals surface area contributed by atoms with Gasteiger partial charge in [0.05, 0.1) is 24.9 Å². The third kappa shape index (κ3) is 5.97. The first kappa shape index (κ1) is 30.2. The Bertz CT molecular complexity index is 1540. The van der Waals surface area contributed by atoms with Crippen LogP contribution < -0.4 is 10.2 Å². The summed E-state index contributed by atoms with van der Waals surface area (Å²) in [6.45, 7) is 3.57. The summed E-state index contributed by atoms with van der Waals surface area (Å²) in [6.07, 6.45) is 2.71. The van der Waals surface area contributed by atoms with E-state index in [9.17, 15) is 29.7 Å². The first-order valence-electron chi connectivity index (χ1n) is 14.5. The SMILES string of the molecule is C[C@H](O)C(=O)Nc1ccc2c(c1)[C@@](O)([C@H](C)/C=C/CC(=O)N1Cc3ccccc3C[C@H]1CO)C(=O)N2Cc1ccccc1. The van der Waals surface area contributed by atoms with Crippen molar-refractivity contribution in [3.05, 3.63) is 107 Å². The minimum absolute atomic E-state index is 0.0400. The number of carbonyl (C=O) groups excluding carboxylic acids is 3. The summed E-state index contributed by atoms with van der Waals surface area (Å²) in [5.74, 6) is -2.01. The van der Waals surface area contributed by atoms with Gasteiger partial charge < -0.3 is 30.4 Å². The molecule has 0 spiro atoms. The molecule has 0 aromatic heterocycles. The second-order valence-corrected chi connectivity index (χ2v) is 11.3. The van der Waals surface area contributed by atoms with Crippen LogP contribution in [0.2, 0.25) is 0 Å². The number of benzene rings is 3. The monoisotopic (exact) mass is 583 g/mol. The molecule has 9 nitrogen and oxygen atoms in total. The van der Waals surface area contributed by atoms with E-state index in [0.717, 1.165) is 16.7 Å². The maximum atomic E-state index is 13.9. The summed E-state index contributed by atoms with van der Waals surface area (Å²) < 4.78 is 0. The molecule has 2 aliphatic rings. The normalized spacial score (nSPS) is 21.0. The molecule has 0 aliphatic carbocycles. The van der Waals surface area contributed by atoms with Crippen LogP contribution in [-0.4, -0.2) is 56.7 Å². The van der Waals surface area contributed by atoms with Gasteiger partial charge in [0.1, 0.15) is 6.10 Å². The first-order chi connectivity index (χ1) is 20.6. The molecule has 4 N–H and O–H groups in total. The van der Waals surface area contributed by atoms with Gasteiger partial charge in [-0.1, -0.05) is 73.7 Å². The summed E-state index contributed by atoms with van der Waals surface area (Å²) in [4.78, 5) is 42.5. The van der Waals surface area contributed by atoms with Crippen molar-refractivity contribution in [1.82, 2.24) is 4.90 Å². The average molecular weight is 584 g/mol. The topological polar surface area (TPSA) is 130 Å². The fourth-order valence-corrected chi connectivity index (χ4v) is 5.87. The van der Waals surface area contributed by atoms with Crippen molar-refractivity contribution in [2.45, 2.75) is 57.5 Å². The molecule has 2 aliphatic heterocycles. The van der Waals surface area contributed by atoms with E-state index in [1.807, 2.05) is 54.6 Å². The van der Waals surface area contributed by atoms with Crippen LogP contribution in [0.25, 0.3) is 0 Å². The van der Waals surface area contributed by atoms with Crippen LogP contribution in [0.3, 0.4) is 0 Å². The molecule has 0 unspecified atom stereocenters. The lowest BCUT2D eigenvalue weighted by molar-refractivity contribution is -0.139. The van der Waals surface area contributed by atoms with Crippen LogP contribution in [0, 0.1) is 5.92 Å². The Morgan fingerprint density at radius 3 is 2.44 bits per heavy atom. The summed E-state index contributed by atoms with van der Waals surface area (Å²) in [5, 5.41) is 34.3. The fraction of sp³-hybridized carbons (Fsp3) is 0.324. The number of nitrogens with one attached hydrogen (secondary N) is 1. The zero-order chi connectivity index (χ0) is 30.7. The third-order valence-electron chi connectivity index (χ3n) is 8.36. The Kier molecular flexibility index (Phi) is 8.77. The molecule has 2 heterocycles. The average Bonchev–Trinajstić information content (AvgIpc) is 3.22. The van der Waals surface area contributed by atoms with Gasteiger partial charge in [0.2, 0.25) is 5.91 Å². The zero-order valence-corrected chi connectivity index (χ0v) is 24.3. The maximum absolute atomic E-state index is 13.9. The van der Waals surface area contributed by atoms with Gasteiger partial charge in [-0.25, -0.2) is 0 Å². The van der Waals surface area contributed by atoms with Crippen LogP contribution in [0.15, 0.2) is 84.9 Å². The van der Waals surface area contributed by atoms with Gasteiger partial charge in [0.25, 0.3) is 11.8 Å². The van der Waals surface area contributed by atoms with Gasteiger partial charge in [-0.2, -0.15) is 0 Å². The molecular formula is C34H37N3O6. The van der Waals surface area contributed by atoms with Gasteiger partial charge in [-0.3, -0.25) is 14.4 Å². The lowest BCUT2D eigenvalue weighted by Gasteiger charge is -2.36. The minimum atomic E-state index is -1.97. The number of amides is 3. The molecule has 3 amide bonds. The van der Waals surface area contributed by atoms with Crippen molar-refractivity contribution < 1.29 is 29.7 Å². The molecular weight excluding hydrogens is 546 g/mol. The molecule has 224 valence electrons. The van der Waals surface area contributed by atoms with E-state index >= 15 is 0 Å². The highest BCUT2D eigenvalue weighted by Crippen LogP contribution is 2.47. The number of aliphatic hydroxyl groups excluding tert-OH is 2. The highest BCUT2D eigenvalue weighted by molar-refractivity contribution is 6.08. The number of anilines is 2. The van der Waals surface area contributed by atoms with E-state index in [2.05, 4.69) is 5.32 Å². The van der Waals surface area contributed by atoms with Crippen LogP contribution in [0.4, 0.5) is 11.4 Å². The van der Waals surface area contributed by atoms with Gasteiger partial charge in [-0.05, 0) is 48.2 Å². The fourth-order valence-electron chi connectivity index (χ4n) is 5.87. The largest absolute Gasteiger partial charge is 0.394 e. The molecule has 0 bridgehead atoms. The van der Waals surface area contributed by atoms with Gasteiger partial charge in [0, 0.05) is 30.1 Å². The highest BCUT2D eigenvalue weighted by atomic mass is 16.3. The Balaban J connectivity index is 1.39. The lowest BCUT2D eigenvalue weighted by atomic mass is 9.82. The molecule has 3 aromatic rings. The van der Waals surface area contributed by atoms with Gasteiger partial charge in [0.15, 0.2) is 5.60 Å². The van der Waals surface area contributed by atoms with Crippen molar-refractivity contribution in [3.63, 3.8) is 0 Å². The second-order valence-electron chi connectivity index (χ2n) is 11.3. The minimum Gasteiger partial charge on any atom is -0.394 e. The van der Waals surface area contributed by atoms with Crippen molar-refractivity contribution in [1.29, 1.82) is 0 Å². The van der Waals surface area contributed by atoms with Crippen LogP contribution in [0.5, 0.6) is 0 Å². The van der Waals surface area contributed by atoms with Crippen molar-refractivity contribution in [3.8, 4) is 0 Å². The molecule has 0 saturated carbocycles. The summed E-state index contributed by atoms with van der Waals surface area (Å²) >= 11 is 0. The first-order valence-corrected chi connectivity index (χ1v) is 14.5. The highest BCUT2D eigenvalue weighted by Gasteiger charge is 2.52. The smallest absolute Gasteiger partial charge is 0.264 e. The Hall–Kier alpha value is -4.31. The zero-order valence-electron chi connectivity index (χ0n) is 24.3. The molecule has 5 rings (SSSR count). The van der Waals surface area contributed by atoms with Gasteiger partial charge in [-0.15, -0.1) is 0 Å². The second kappa shape index (κ2) is 12.5. The molecule has 0 fully saturated rings. The quantitative estimate of drug-likeness (QED) is 0.286. The Morgan fingerprint density at radius 2 is 1.74 bits per heavy atom. The number of fused-ring (bicyclic) bond motifs is 2. The molecule has 9 heteroatoms. The summed E-state index contributed by atoms with van der Waals surface area (Å²) in [7, 11) is 0. The van der Waals surface area contributed by atoms with E-state index in [1.54, 1.807) is 42.2 Å². The van der Waals surface area contributed by atoms with Crippen LogP contribution in [0.1, 0.15) is 42.5 Å². The number of hydrogen-bond acceptors (Lipinski definition) is 6. The van der Waals surface area contributed by atoms with E-state index in [4.69, 9.17) is 0 Å². The third-order valence-corrected chi connectivity index (χ3v) is 8.36. The number of rotatable bonds is 9. The van der Waals surface area contributed by atoms with Crippen LogP contribution >= 0.6 is 0 Å². The number of aliphatic hydroxyl groups is 3. The Morgan fingerprint density at radius 1 is 1.05 bits per heavy atom. The van der Waals surface area contributed by atoms with Crippen molar-refractivity contribution >= 4 is 29.1 Å². The predicted molar refractivity (Wildman–Crippen MR) is 163 cm³/mol. The standard InChI is InChI=1S/C34H37N3O6/c1-22(9-8-14-31(40)36-20-26-13-7-6-12-25(26)17-28(36)21-38)34(43)29-18-27(35-32(41)23(2)39)15-16-30(29)37(33(34)42)19-24-10-4-3-5-11-24/h3-13,15-16,18,22-23,28,38-39,43H,14,17,19-21H2,1-2H3,(H,35,41)/b9-8+/t22-,23+,28+,34+/m1/s1. The lowest BCUT2D eigenvalue weighted by Crippen LogP contribution is -2.46. The number of hydrogen-bond donors (Lipinski definition) is 4. The molecule has 4 atom stereocenters. The van der Waals surface area contributed by atoms with E-state index in [1.165, 1.54) is 11.8 Å². The molecule has 43 heavy (non-hydrogen) atoms. The van der Waals surface area contributed by atoms with Crippen molar-refractivity contribution in [2.75, 3.05) is 16.8 Å². The molecule has 0 saturated heterocycles. The van der Waals surface area contributed by atoms with E-state index < -0.39 is 29.4 Å². The van der Waals surface area contributed by atoms with Crippen molar-refractivity contribution in [2.24, 2.45) is 5.92 Å². The van der Waals surface area contributed by atoms with E-state index in [-0.39, 0.29) is 31.5 Å². The summed E-state index contributed by atoms with van der Waals surface area (Å²) in [6, 6.07) is 21.9. The number of nitrogens with zero attached hydrogens (tertiary/aromatic N) is 2.